The molecule has 2 rings (SSSR count). The van der Waals surface area contributed by atoms with Gasteiger partial charge in [-0.3, -0.25) is 9.36 Å². The average molecular weight is 279 g/mol. The maximum absolute atomic E-state index is 11.6. The Morgan fingerprint density at radius 3 is 2.89 bits per heavy atom. The molecule has 0 aromatic carbocycles. The molecule has 3 nitrogen and oxygen atoms in total. The number of hydrogen-bond donors (Lipinski definition) is 1. The topological polar surface area (TPSA) is 42.2 Å². The summed E-state index contributed by atoms with van der Waals surface area (Å²) >= 11 is 2.83. The van der Waals surface area contributed by atoms with Crippen LogP contribution < -0.4 is 4.87 Å². The molecular weight excluding hydrogens is 266 g/mol. The second kappa shape index (κ2) is 6.01. The molecule has 2 aromatic heterocycles. The van der Waals surface area contributed by atoms with Crippen molar-refractivity contribution in [2.75, 3.05) is 6.61 Å². The van der Waals surface area contributed by atoms with Gasteiger partial charge in [0.2, 0.25) is 0 Å². The van der Waals surface area contributed by atoms with Crippen LogP contribution in [0.3, 0.4) is 0 Å². The number of hydrogen-bond acceptors (Lipinski definition) is 4. The lowest BCUT2D eigenvalue weighted by atomic mass is 10.3. The first-order chi connectivity index (χ1) is 8.70. The molecule has 1 N–H and O–H groups in total. The molecule has 2 aromatic rings. The van der Waals surface area contributed by atoms with Gasteiger partial charge in [-0.1, -0.05) is 23.2 Å². The van der Waals surface area contributed by atoms with E-state index in [1.165, 1.54) is 11.3 Å². The van der Waals surface area contributed by atoms with Gasteiger partial charge in [-0.2, -0.15) is 0 Å². The van der Waals surface area contributed by atoms with E-state index in [1.807, 2.05) is 23.8 Å². The Balaban J connectivity index is 2.13. The lowest BCUT2D eigenvalue weighted by molar-refractivity contribution is 0.305. The van der Waals surface area contributed by atoms with Crippen molar-refractivity contribution < 1.29 is 5.11 Å². The number of thiazole rings is 1. The molecule has 0 radical (unpaired) electrons. The van der Waals surface area contributed by atoms with Gasteiger partial charge in [0.1, 0.15) is 0 Å². The second-order valence-corrected chi connectivity index (χ2v) is 5.62. The van der Waals surface area contributed by atoms with Crippen molar-refractivity contribution in [3.8, 4) is 11.8 Å². The molecule has 0 saturated carbocycles. The summed E-state index contributed by atoms with van der Waals surface area (Å²) in [4.78, 5) is 12.8. The summed E-state index contributed by atoms with van der Waals surface area (Å²) in [6, 6.07) is 2.00. The minimum Gasteiger partial charge on any atom is -0.395 e. The maximum Gasteiger partial charge on any atom is 0.307 e. The van der Waals surface area contributed by atoms with Gasteiger partial charge in [-0.05, 0) is 13.0 Å². The van der Waals surface area contributed by atoms with E-state index in [2.05, 4.69) is 11.8 Å². The molecule has 0 fully saturated rings. The first-order valence-electron chi connectivity index (χ1n) is 5.53. The summed E-state index contributed by atoms with van der Waals surface area (Å²) in [6.07, 6.45) is 0.494. The molecule has 0 bridgehead atoms. The minimum absolute atomic E-state index is 0.0776. The molecule has 0 unspecified atom stereocenters. The molecule has 5 heteroatoms. The smallest absolute Gasteiger partial charge is 0.307 e. The van der Waals surface area contributed by atoms with E-state index in [-0.39, 0.29) is 11.5 Å². The number of nitrogens with zero attached hydrogens (tertiary/aromatic N) is 1. The predicted molar refractivity (Wildman–Crippen MR) is 75.3 cm³/mol. The van der Waals surface area contributed by atoms with E-state index in [0.717, 1.165) is 16.1 Å². The number of rotatable bonds is 3. The van der Waals surface area contributed by atoms with Crippen LogP contribution in [0.1, 0.15) is 22.6 Å². The zero-order valence-corrected chi connectivity index (χ0v) is 11.6. The highest BCUT2D eigenvalue weighted by Crippen LogP contribution is 2.16. The van der Waals surface area contributed by atoms with Gasteiger partial charge in [-0.25, -0.2) is 0 Å². The molecule has 0 amide bonds. The number of aliphatic hydroxyl groups is 1. The van der Waals surface area contributed by atoms with Gasteiger partial charge in [0.05, 0.1) is 13.2 Å². The molecular formula is C13H13NO2S2. The third-order valence-corrected chi connectivity index (χ3v) is 4.22. The first kappa shape index (κ1) is 13.1. The number of aromatic nitrogens is 1. The van der Waals surface area contributed by atoms with Crippen molar-refractivity contribution in [2.24, 2.45) is 0 Å². The van der Waals surface area contributed by atoms with Crippen molar-refractivity contribution in [2.45, 2.75) is 19.9 Å². The highest BCUT2D eigenvalue weighted by molar-refractivity contribution is 7.10. The van der Waals surface area contributed by atoms with Crippen LogP contribution in [0, 0.1) is 18.8 Å². The van der Waals surface area contributed by atoms with Gasteiger partial charge in [-0.15, -0.1) is 11.3 Å². The van der Waals surface area contributed by atoms with Gasteiger partial charge in [0.15, 0.2) is 0 Å². The third-order valence-electron chi connectivity index (χ3n) is 2.41. The van der Waals surface area contributed by atoms with Crippen LogP contribution in [0.15, 0.2) is 21.6 Å². The van der Waals surface area contributed by atoms with Gasteiger partial charge < -0.3 is 5.11 Å². The number of aliphatic hydroxyl groups excluding tert-OH is 1. The number of aryl methyl sites for hydroxylation is 1. The van der Waals surface area contributed by atoms with Crippen LogP contribution in [-0.4, -0.2) is 16.3 Å². The molecule has 0 atom stereocenters. The zero-order valence-electron chi connectivity index (χ0n) is 9.97. The Kier molecular flexibility index (Phi) is 4.37. The Hall–Kier alpha value is -1.35. The highest BCUT2D eigenvalue weighted by Gasteiger charge is 2.05. The van der Waals surface area contributed by atoms with Crippen molar-refractivity contribution in [1.82, 2.24) is 4.57 Å². The van der Waals surface area contributed by atoms with Crippen LogP contribution in [0.4, 0.5) is 0 Å². The second-order valence-electron chi connectivity index (χ2n) is 3.81. The first-order valence-corrected chi connectivity index (χ1v) is 7.28. The van der Waals surface area contributed by atoms with Crippen LogP contribution in [-0.2, 0) is 6.54 Å². The molecule has 94 valence electrons. The SMILES string of the molecule is Cc1csc(=O)n1Cc1cc(C#CCCO)cs1. The van der Waals surface area contributed by atoms with Crippen molar-refractivity contribution in [1.29, 1.82) is 0 Å². The molecule has 2 heterocycles. The summed E-state index contributed by atoms with van der Waals surface area (Å²) in [5.74, 6) is 5.88. The zero-order chi connectivity index (χ0) is 13.0. The average Bonchev–Trinajstić information content (AvgIpc) is 2.92. The third kappa shape index (κ3) is 3.10. The van der Waals surface area contributed by atoms with E-state index >= 15 is 0 Å². The fourth-order valence-electron chi connectivity index (χ4n) is 1.50. The summed E-state index contributed by atoms with van der Waals surface area (Å²) in [6.45, 7) is 2.64. The van der Waals surface area contributed by atoms with E-state index < -0.39 is 0 Å². The van der Waals surface area contributed by atoms with Gasteiger partial charge >= 0.3 is 4.87 Å². The summed E-state index contributed by atoms with van der Waals surface area (Å²) in [5, 5.41) is 12.5. The Labute approximate surface area is 113 Å². The number of thiophene rings is 1. The highest BCUT2D eigenvalue weighted by atomic mass is 32.1. The summed E-state index contributed by atoms with van der Waals surface area (Å²) in [7, 11) is 0. The van der Waals surface area contributed by atoms with Gasteiger partial charge in [0.25, 0.3) is 0 Å². The lowest BCUT2D eigenvalue weighted by Gasteiger charge is -2.00. The van der Waals surface area contributed by atoms with Crippen LogP contribution >= 0.6 is 22.7 Å². The molecule has 0 spiro atoms. The van der Waals surface area contributed by atoms with Crippen LogP contribution in [0.25, 0.3) is 0 Å². The van der Waals surface area contributed by atoms with Crippen molar-refractivity contribution in [3.63, 3.8) is 0 Å². The fourth-order valence-corrected chi connectivity index (χ4v) is 3.04. The van der Waals surface area contributed by atoms with E-state index in [0.29, 0.717) is 13.0 Å². The molecule has 0 saturated heterocycles. The fraction of sp³-hybridized carbons (Fsp3) is 0.308. The summed E-state index contributed by atoms with van der Waals surface area (Å²) < 4.78 is 1.77. The Bertz CT molecular complexity index is 640. The molecule has 0 aliphatic heterocycles. The Morgan fingerprint density at radius 1 is 1.39 bits per heavy atom. The molecule has 0 aliphatic rings. The quantitative estimate of drug-likeness (QED) is 0.874. The van der Waals surface area contributed by atoms with Crippen molar-refractivity contribution in [3.05, 3.63) is 42.6 Å². The van der Waals surface area contributed by atoms with Gasteiger partial charge in [0, 0.05) is 33.3 Å². The maximum atomic E-state index is 11.6. The predicted octanol–water partition coefficient (Wildman–Crippen LogP) is 2.06. The normalized spacial score (nSPS) is 10.1. The lowest BCUT2D eigenvalue weighted by Crippen LogP contribution is -2.14. The largest absolute Gasteiger partial charge is 0.395 e. The van der Waals surface area contributed by atoms with Crippen LogP contribution in [0.5, 0.6) is 0 Å². The van der Waals surface area contributed by atoms with E-state index in [1.54, 1.807) is 15.9 Å². The Morgan fingerprint density at radius 2 is 2.22 bits per heavy atom. The standard InChI is InChI=1S/C13H13NO2S2/c1-10-8-18-13(16)14(10)7-12-6-11(9-17-12)4-2-3-5-15/h6,8-9,15H,3,5,7H2,1H3. The summed E-state index contributed by atoms with van der Waals surface area (Å²) in [5.41, 5.74) is 1.94. The van der Waals surface area contributed by atoms with E-state index in [9.17, 15) is 4.79 Å². The molecule has 0 aliphatic carbocycles. The molecule has 18 heavy (non-hydrogen) atoms. The van der Waals surface area contributed by atoms with Crippen molar-refractivity contribution >= 4 is 22.7 Å². The minimum atomic E-state index is 0.0776. The van der Waals surface area contributed by atoms with E-state index in [4.69, 9.17) is 5.11 Å². The van der Waals surface area contributed by atoms with Crippen LogP contribution in [0.2, 0.25) is 0 Å². The monoisotopic (exact) mass is 279 g/mol.